The van der Waals surface area contributed by atoms with E-state index in [1.165, 1.54) is 11.3 Å². The summed E-state index contributed by atoms with van der Waals surface area (Å²) in [6.45, 7) is 6.75. The third kappa shape index (κ3) is 4.97. The molecule has 0 saturated carbocycles. The molecule has 12 nitrogen and oxygen atoms in total. The van der Waals surface area contributed by atoms with E-state index in [4.69, 9.17) is 5.73 Å². The van der Waals surface area contributed by atoms with Crippen LogP contribution in [0.1, 0.15) is 73.3 Å². The van der Waals surface area contributed by atoms with Crippen LogP contribution in [0.15, 0.2) is 11.6 Å². The highest BCUT2D eigenvalue weighted by Crippen LogP contribution is 2.43. The van der Waals surface area contributed by atoms with Crippen LogP contribution in [0.4, 0.5) is 11.1 Å². The van der Waals surface area contributed by atoms with Crippen LogP contribution >= 0.6 is 11.3 Å². The number of hydroxylamine groups is 3. The predicted molar refractivity (Wildman–Crippen MR) is 151 cm³/mol. The third-order valence-electron chi connectivity index (χ3n) is 8.57. The number of carbonyl (C=O) groups is 2. The number of anilines is 2. The second kappa shape index (κ2) is 10.2. The van der Waals surface area contributed by atoms with Gasteiger partial charge in [-0.15, -0.1) is 11.3 Å². The second-order valence-electron chi connectivity index (χ2n) is 11.8. The molecule has 3 aliphatic rings. The minimum absolute atomic E-state index is 0.00188. The lowest BCUT2D eigenvalue weighted by Gasteiger charge is -2.53. The fraction of sp³-hybridized carbons (Fsp3) is 0.556. The van der Waals surface area contributed by atoms with Gasteiger partial charge in [-0.05, 0) is 36.7 Å². The molecule has 1 aliphatic carbocycles. The molecule has 40 heavy (non-hydrogen) atoms. The highest BCUT2D eigenvalue weighted by molar-refractivity contribution is 7.14. The molecule has 2 saturated heterocycles. The van der Waals surface area contributed by atoms with Crippen molar-refractivity contribution in [3.8, 4) is 11.4 Å². The number of rotatable bonds is 5. The van der Waals surface area contributed by atoms with Gasteiger partial charge in [-0.2, -0.15) is 5.10 Å². The predicted octanol–water partition coefficient (Wildman–Crippen LogP) is 3.02. The van der Waals surface area contributed by atoms with Gasteiger partial charge in [-0.1, -0.05) is 13.8 Å². The van der Waals surface area contributed by atoms with Crippen LogP contribution in [0.2, 0.25) is 0 Å². The van der Waals surface area contributed by atoms with Crippen molar-refractivity contribution in [3.05, 3.63) is 39.3 Å². The number of aromatic amines is 1. The van der Waals surface area contributed by atoms with Crippen LogP contribution < -0.4 is 11.1 Å². The van der Waals surface area contributed by atoms with Gasteiger partial charge in [0.05, 0.1) is 36.9 Å². The molecule has 0 unspecified atom stereocenters. The normalized spacial score (nSPS) is 20.0. The zero-order chi connectivity index (χ0) is 28.1. The number of amides is 2. The summed E-state index contributed by atoms with van der Waals surface area (Å²) in [5, 5.41) is 25.6. The number of thiazole rings is 1. The summed E-state index contributed by atoms with van der Waals surface area (Å²) in [5.74, 6) is -0.193. The van der Waals surface area contributed by atoms with E-state index < -0.39 is 0 Å². The summed E-state index contributed by atoms with van der Waals surface area (Å²) >= 11 is 1.28. The lowest BCUT2D eigenvalue weighted by Crippen LogP contribution is -2.57. The Hall–Kier alpha value is -3.42. The number of likely N-dealkylation sites (tertiary alicyclic amines) is 2. The first-order chi connectivity index (χ1) is 19.1. The first kappa shape index (κ1) is 26.8. The van der Waals surface area contributed by atoms with Gasteiger partial charge in [-0.25, -0.2) is 15.0 Å². The Balaban J connectivity index is 1.09. The quantitative estimate of drug-likeness (QED) is 0.314. The molecular formula is C27H35N9O3S. The lowest BCUT2D eigenvalue weighted by molar-refractivity contribution is -0.911. The number of aromatic nitrogens is 5. The SMILES string of the molecule is CC1(C)Cc2cnc(N)nc2-c2n[nH]c(C(=O)Nc3nc(CC(=O)N4CCC([N+]5([O-])CCCCC5)CC4)cs3)c21. The summed E-state index contributed by atoms with van der Waals surface area (Å²) in [5.41, 5.74) is 9.35. The first-order valence-electron chi connectivity index (χ1n) is 13.9. The first-order valence-corrected chi connectivity index (χ1v) is 14.8. The number of nitrogens with two attached hydrogens (primary N) is 1. The lowest BCUT2D eigenvalue weighted by atomic mass is 9.73. The molecule has 2 aliphatic heterocycles. The monoisotopic (exact) mass is 565 g/mol. The van der Waals surface area contributed by atoms with Crippen LogP contribution in [0, 0.1) is 5.21 Å². The molecule has 0 aromatic carbocycles. The minimum Gasteiger partial charge on any atom is -0.633 e. The van der Waals surface area contributed by atoms with Gasteiger partial charge in [0.1, 0.15) is 11.4 Å². The Kier molecular flexibility index (Phi) is 6.83. The molecule has 212 valence electrons. The maximum Gasteiger partial charge on any atom is 0.275 e. The number of piperidine rings is 2. The van der Waals surface area contributed by atoms with E-state index in [1.54, 1.807) is 11.6 Å². The Bertz CT molecular complexity index is 1430. The minimum atomic E-state index is -0.378. The van der Waals surface area contributed by atoms with Crippen LogP contribution in [0.5, 0.6) is 0 Å². The molecule has 6 rings (SSSR count). The summed E-state index contributed by atoms with van der Waals surface area (Å²) in [6.07, 6.45) is 7.19. The van der Waals surface area contributed by atoms with Gasteiger partial charge in [0.2, 0.25) is 11.9 Å². The smallest absolute Gasteiger partial charge is 0.275 e. The van der Waals surface area contributed by atoms with E-state index in [-0.39, 0.29) is 40.3 Å². The molecule has 0 atom stereocenters. The van der Waals surface area contributed by atoms with E-state index in [9.17, 15) is 14.8 Å². The molecule has 13 heteroatoms. The molecule has 3 aromatic heterocycles. The average molecular weight is 566 g/mol. The van der Waals surface area contributed by atoms with Crippen LogP contribution in [0.25, 0.3) is 11.4 Å². The zero-order valence-electron chi connectivity index (χ0n) is 22.9. The van der Waals surface area contributed by atoms with E-state index in [2.05, 4.69) is 44.3 Å². The Labute approximate surface area is 236 Å². The topological polar surface area (TPSA) is 166 Å². The van der Waals surface area contributed by atoms with Crippen LogP contribution in [-0.2, 0) is 23.1 Å². The Morgan fingerprint density at radius 1 is 1.20 bits per heavy atom. The number of nitrogen functional groups attached to an aromatic ring is 1. The summed E-state index contributed by atoms with van der Waals surface area (Å²) in [6, 6.07) is 0.0990. The highest BCUT2D eigenvalue weighted by atomic mass is 32.1. The van der Waals surface area contributed by atoms with Crippen molar-refractivity contribution in [1.29, 1.82) is 0 Å². The van der Waals surface area contributed by atoms with Gasteiger partial charge in [0.15, 0.2) is 5.13 Å². The number of quaternary nitrogens is 1. The maximum absolute atomic E-state index is 13.3. The number of fused-ring (bicyclic) bond motifs is 3. The van der Waals surface area contributed by atoms with Crippen molar-refractivity contribution in [2.45, 2.75) is 70.3 Å². The Morgan fingerprint density at radius 3 is 2.70 bits per heavy atom. The van der Waals surface area contributed by atoms with Gasteiger partial charge >= 0.3 is 0 Å². The van der Waals surface area contributed by atoms with Crippen LogP contribution in [-0.4, -0.2) is 78.7 Å². The van der Waals surface area contributed by atoms with Crippen LogP contribution in [0.3, 0.4) is 0 Å². The number of carbonyl (C=O) groups excluding carboxylic acids is 2. The second-order valence-corrected chi connectivity index (χ2v) is 12.7. The fourth-order valence-electron chi connectivity index (χ4n) is 6.53. The molecule has 3 aromatic rings. The molecule has 2 amide bonds. The van der Waals surface area contributed by atoms with Crippen molar-refractivity contribution in [3.63, 3.8) is 0 Å². The van der Waals surface area contributed by atoms with E-state index in [0.29, 0.717) is 60.5 Å². The molecule has 0 bridgehead atoms. The summed E-state index contributed by atoms with van der Waals surface area (Å²) < 4.78 is -0.0812. The average Bonchev–Trinajstić information content (AvgIpc) is 3.58. The number of hydrogen-bond acceptors (Lipinski definition) is 9. The molecule has 2 fully saturated rings. The number of nitrogens with one attached hydrogen (secondary N) is 2. The number of nitrogens with zero attached hydrogens (tertiary/aromatic N) is 6. The van der Waals surface area contributed by atoms with E-state index >= 15 is 0 Å². The number of hydrogen-bond donors (Lipinski definition) is 3. The molecule has 4 N–H and O–H groups in total. The Morgan fingerprint density at radius 2 is 1.95 bits per heavy atom. The van der Waals surface area contributed by atoms with Gasteiger partial charge in [-0.3, -0.25) is 20.0 Å². The summed E-state index contributed by atoms with van der Waals surface area (Å²) in [4.78, 5) is 41.1. The van der Waals surface area contributed by atoms with E-state index in [1.807, 2.05) is 4.90 Å². The van der Waals surface area contributed by atoms with Crippen molar-refractivity contribution < 1.29 is 14.2 Å². The fourth-order valence-corrected chi connectivity index (χ4v) is 7.23. The van der Waals surface area contributed by atoms with E-state index in [0.717, 1.165) is 43.2 Å². The number of H-pyrrole nitrogens is 1. The largest absolute Gasteiger partial charge is 0.633 e. The summed E-state index contributed by atoms with van der Waals surface area (Å²) in [7, 11) is 0. The standard InChI is InChI=1S/C27H35N9O3S/c1-27(2)13-16-14-29-25(28)31-21(16)22-20(27)23(34-33-22)24(38)32-26-30-17(15-40-26)12-19(37)35-8-6-18(7-9-35)36(39)10-4-3-5-11-36/h14-15,18H,3-13H2,1-2H3,(H,33,34)(H2,28,29,31)(H,30,32,38). The molecular weight excluding hydrogens is 530 g/mol. The third-order valence-corrected chi connectivity index (χ3v) is 9.38. The van der Waals surface area contributed by atoms with Crippen molar-refractivity contribution in [2.24, 2.45) is 0 Å². The molecule has 5 heterocycles. The zero-order valence-corrected chi connectivity index (χ0v) is 23.7. The van der Waals surface area contributed by atoms with Crippen molar-refractivity contribution >= 4 is 34.2 Å². The maximum atomic E-state index is 13.3. The highest BCUT2D eigenvalue weighted by Gasteiger charge is 2.39. The van der Waals surface area contributed by atoms with Gasteiger partial charge in [0.25, 0.3) is 5.91 Å². The molecule has 0 radical (unpaired) electrons. The van der Waals surface area contributed by atoms with Gasteiger partial charge in [0, 0.05) is 43.1 Å². The van der Waals surface area contributed by atoms with Crippen molar-refractivity contribution in [1.82, 2.24) is 30.0 Å². The van der Waals surface area contributed by atoms with Gasteiger partial charge < -0.3 is 20.5 Å². The van der Waals surface area contributed by atoms with Crippen molar-refractivity contribution in [2.75, 3.05) is 37.2 Å². The molecule has 0 spiro atoms.